The summed E-state index contributed by atoms with van der Waals surface area (Å²) in [5.41, 5.74) is 7.75. The van der Waals surface area contributed by atoms with Crippen LogP contribution in [-0.2, 0) is 6.18 Å². The number of nitrogens with one attached hydrogen (secondary N) is 4. The van der Waals surface area contributed by atoms with E-state index in [1.165, 1.54) is 6.20 Å². The van der Waals surface area contributed by atoms with Crippen molar-refractivity contribution in [2.24, 2.45) is 10.7 Å². The molecular weight excluding hydrogens is 481 g/mol. The van der Waals surface area contributed by atoms with E-state index < -0.39 is 11.9 Å². The van der Waals surface area contributed by atoms with Crippen molar-refractivity contribution in [3.8, 4) is 11.3 Å². The molecule has 0 bridgehead atoms. The Balaban J connectivity index is 1.32. The van der Waals surface area contributed by atoms with E-state index in [4.69, 9.17) is 5.73 Å². The Morgan fingerprint density at radius 3 is 2.30 bits per heavy atom. The molecule has 0 radical (unpaired) electrons. The molecule has 194 valence electrons. The van der Waals surface area contributed by atoms with Gasteiger partial charge in [0, 0.05) is 23.6 Å². The topological polar surface area (TPSA) is 120 Å². The number of aliphatic imine (C=N–C) groups is 1. The van der Waals surface area contributed by atoms with Gasteiger partial charge in [-0.05, 0) is 44.3 Å². The Hall–Kier alpha value is -3.70. The lowest BCUT2D eigenvalue weighted by atomic mass is 10.1. The van der Waals surface area contributed by atoms with Gasteiger partial charge in [-0.1, -0.05) is 30.8 Å². The van der Waals surface area contributed by atoms with Crippen LogP contribution in [-0.4, -0.2) is 39.2 Å². The second kappa shape index (κ2) is 10.3. The van der Waals surface area contributed by atoms with Crippen LogP contribution in [0.15, 0.2) is 48.2 Å². The summed E-state index contributed by atoms with van der Waals surface area (Å²) in [4.78, 5) is 19.0. The van der Waals surface area contributed by atoms with Crippen LogP contribution < -0.4 is 16.4 Å². The van der Waals surface area contributed by atoms with Crippen molar-refractivity contribution in [1.82, 2.24) is 30.6 Å². The van der Waals surface area contributed by atoms with Crippen LogP contribution in [0.2, 0.25) is 0 Å². The zero-order valence-corrected chi connectivity index (χ0v) is 20.2. The molecule has 1 aromatic carbocycles. The first kappa shape index (κ1) is 25.0. The fraction of sp³-hybridized carbons (Fsp3) is 0.346. The maximum absolute atomic E-state index is 13.7. The van der Waals surface area contributed by atoms with Gasteiger partial charge in [0.25, 0.3) is 0 Å². The first-order valence-electron chi connectivity index (χ1n) is 12.3. The predicted molar refractivity (Wildman–Crippen MR) is 137 cm³/mol. The molecule has 2 saturated heterocycles. The first-order valence-corrected chi connectivity index (χ1v) is 12.3. The van der Waals surface area contributed by atoms with Gasteiger partial charge in [0.05, 0.1) is 35.4 Å². The number of nitrogens with zero attached hydrogens (tertiary/aromatic N) is 3. The molecule has 0 amide bonds. The van der Waals surface area contributed by atoms with Crippen LogP contribution >= 0.6 is 0 Å². The predicted octanol–water partition coefficient (Wildman–Crippen LogP) is 4.71. The number of hydrogen-bond acceptors (Lipinski definition) is 6. The molecule has 6 N–H and O–H groups in total. The molecule has 0 aliphatic carbocycles. The molecule has 3 aromatic rings. The summed E-state index contributed by atoms with van der Waals surface area (Å²) in [6.07, 6.45) is 3.96. The third kappa shape index (κ3) is 5.37. The summed E-state index contributed by atoms with van der Waals surface area (Å²) in [7, 11) is 0. The fourth-order valence-corrected chi connectivity index (χ4v) is 4.72. The molecule has 2 atom stereocenters. The average molecular weight is 511 g/mol. The molecular formula is C26H29F3N8. The largest absolute Gasteiger partial charge is 0.435 e. The standard InChI is InChI=1S/C26H29F3N8/c1-15(33-13-18(12-30)21-14-34-24(35-21)19-4-2-10-31-19)16-6-8-17(9-7-16)22-23(26(27,28)29)37-25(36-22)20-5-3-11-32-20/h6-9,12-14,19-20,31-32H,1-5,10-11,30H2,(H,34,35)(H,36,37)/b18-12+,33-13-/t19-,20-/m0/s1. The number of aromatic amines is 2. The van der Waals surface area contributed by atoms with E-state index >= 15 is 0 Å². The molecule has 5 rings (SSSR count). The average Bonchev–Trinajstić information content (AvgIpc) is 3.70. The van der Waals surface area contributed by atoms with Crippen LogP contribution in [0.1, 0.15) is 66.4 Å². The van der Waals surface area contributed by atoms with Gasteiger partial charge < -0.3 is 26.3 Å². The van der Waals surface area contributed by atoms with Crippen molar-refractivity contribution in [2.75, 3.05) is 13.1 Å². The number of nitrogens with two attached hydrogens (primary N) is 1. The molecule has 0 unspecified atom stereocenters. The van der Waals surface area contributed by atoms with Gasteiger partial charge in [-0.15, -0.1) is 0 Å². The number of halogens is 3. The summed E-state index contributed by atoms with van der Waals surface area (Å²) in [5.74, 6) is 1.17. The Morgan fingerprint density at radius 2 is 1.70 bits per heavy atom. The Morgan fingerprint density at radius 1 is 1.03 bits per heavy atom. The summed E-state index contributed by atoms with van der Waals surface area (Å²) in [6.45, 7) is 5.73. The molecule has 2 fully saturated rings. The van der Waals surface area contributed by atoms with E-state index in [0.29, 0.717) is 28.2 Å². The van der Waals surface area contributed by atoms with Gasteiger partial charge in [0.2, 0.25) is 0 Å². The lowest BCUT2D eigenvalue weighted by molar-refractivity contribution is -0.140. The van der Waals surface area contributed by atoms with E-state index in [0.717, 1.165) is 50.3 Å². The number of H-pyrrole nitrogens is 2. The number of imidazole rings is 2. The van der Waals surface area contributed by atoms with Crippen LogP contribution in [0.5, 0.6) is 0 Å². The number of allylic oxidation sites excluding steroid dienone is 1. The van der Waals surface area contributed by atoms with Gasteiger partial charge in [-0.25, -0.2) is 9.97 Å². The van der Waals surface area contributed by atoms with E-state index in [2.05, 4.69) is 42.1 Å². The number of benzene rings is 1. The van der Waals surface area contributed by atoms with Gasteiger partial charge >= 0.3 is 6.18 Å². The number of aromatic nitrogens is 4. The fourth-order valence-electron chi connectivity index (χ4n) is 4.72. The smallest absolute Gasteiger partial charge is 0.404 e. The molecule has 2 aliphatic rings. The van der Waals surface area contributed by atoms with Gasteiger partial charge in [-0.3, -0.25) is 4.99 Å². The zero-order valence-electron chi connectivity index (χ0n) is 20.2. The normalized spacial score (nSPS) is 20.8. The zero-order chi connectivity index (χ0) is 26.0. The molecule has 0 saturated carbocycles. The molecule has 11 heteroatoms. The van der Waals surface area contributed by atoms with Crippen molar-refractivity contribution >= 4 is 17.5 Å². The number of rotatable bonds is 7. The van der Waals surface area contributed by atoms with Crippen LogP contribution in [0.3, 0.4) is 0 Å². The maximum Gasteiger partial charge on any atom is 0.435 e. The van der Waals surface area contributed by atoms with Crippen LogP contribution in [0, 0.1) is 0 Å². The van der Waals surface area contributed by atoms with Crippen molar-refractivity contribution in [2.45, 2.75) is 43.9 Å². The minimum absolute atomic E-state index is 0.0444. The lowest BCUT2D eigenvalue weighted by Gasteiger charge is -2.07. The summed E-state index contributed by atoms with van der Waals surface area (Å²) < 4.78 is 41.2. The highest BCUT2D eigenvalue weighted by Crippen LogP contribution is 2.37. The van der Waals surface area contributed by atoms with E-state index in [-0.39, 0.29) is 17.8 Å². The molecule has 0 spiro atoms. The Labute approximate surface area is 212 Å². The molecule has 4 heterocycles. The molecule has 2 aliphatic heterocycles. The van der Waals surface area contributed by atoms with E-state index in [1.807, 2.05) is 0 Å². The quantitative estimate of drug-likeness (QED) is 0.295. The third-order valence-electron chi connectivity index (χ3n) is 6.72. The summed E-state index contributed by atoms with van der Waals surface area (Å²) >= 11 is 0. The van der Waals surface area contributed by atoms with Gasteiger partial charge in [0.1, 0.15) is 11.6 Å². The minimum atomic E-state index is -4.57. The second-order valence-corrected chi connectivity index (χ2v) is 9.23. The van der Waals surface area contributed by atoms with Gasteiger partial charge in [0.15, 0.2) is 5.69 Å². The third-order valence-corrected chi connectivity index (χ3v) is 6.72. The first-order chi connectivity index (χ1) is 17.8. The minimum Gasteiger partial charge on any atom is -0.404 e. The van der Waals surface area contributed by atoms with E-state index in [9.17, 15) is 13.2 Å². The van der Waals surface area contributed by atoms with Crippen molar-refractivity contribution in [3.63, 3.8) is 0 Å². The molecule has 37 heavy (non-hydrogen) atoms. The maximum atomic E-state index is 13.7. The second-order valence-electron chi connectivity index (χ2n) is 9.23. The van der Waals surface area contributed by atoms with Crippen molar-refractivity contribution in [3.05, 3.63) is 71.8 Å². The highest BCUT2D eigenvalue weighted by Gasteiger charge is 2.38. The summed E-state index contributed by atoms with van der Waals surface area (Å²) in [6, 6.07) is 6.61. The SMILES string of the molecule is C=C(/N=C\C(=C/N)c1cnc([C@@H]2CCCN2)[nH]1)c1ccc(-c2[nH]c([C@@H]3CCCN3)nc2C(F)(F)F)cc1. The molecule has 2 aromatic heterocycles. The Bertz CT molecular complexity index is 1300. The van der Waals surface area contributed by atoms with Crippen LogP contribution in [0.4, 0.5) is 13.2 Å². The summed E-state index contributed by atoms with van der Waals surface area (Å²) in [5, 5.41) is 6.58. The van der Waals surface area contributed by atoms with Crippen molar-refractivity contribution < 1.29 is 13.2 Å². The van der Waals surface area contributed by atoms with Crippen molar-refractivity contribution in [1.29, 1.82) is 0 Å². The Kier molecular flexibility index (Phi) is 6.98. The molecule has 8 nitrogen and oxygen atoms in total. The number of hydrogen-bond donors (Lipinski definition) is 5. The van der Waals surface area contributed by atoms with Crippen LogP contribution in [0.25, 0.3) is 22.5 Å². The van der Waals surface area contributed by atoms with E-state index in [1.54, 1.807) is 36.7 Å². The lowest BCUT2D eigenvalue weighted by Crippen LogP contribution is -2.14. The highest BCUT2D eigenvalue weighted by molar-refractivity contribution is 6.10. The monoisotopic (exact) mass is 510 g/mol. The number of alkyl halides is 3. The van der Waals surface area contributed by atoms with Gasteiger partial charge in [-0.2, -0.15) is 13.2 Å². The highest BCUT2D eigenvalue weighted by atomic mass is 19.4.